The van der Waals surface area contributed by atoms with Crippen LogP contribution in [0.25, 0.3) is 0 Å². The molecule has 0 bridgehead atoms. The number of rotatable bonds is 7. The Morgan fingerprint density at radius 3 is 2.14 bits per heavy atom. The van der Waals surface area contributed by atoms with Crippen molar-refractivity contribution in [3.8, 4) is 0 Å². The van der Waals surface area contributed by atoms with E-state index in [4.69, 9.17) is 0 Å². The summed E-state index contributed by atoms with van der Waals surface area (Å²) in [5.74, 6) is 0.378. The number of ketones is 1. The second kappa shape index (κ2) is 7.63. The van der Waals surface area contributed by atoms with Crippen LogP contribution in [0.1, 0.15) is 25.8 Å². The fraction of sp³-hybridized carbons (Fsp3) is 0.316. The van der Waals surface area contributed by atoms with E-state index in [9.17, 15) is 4.79 Å². The minimum absolute atomic E-state index is 0.0546. The van der Waals surface area contributed by atoms with Gasteiger partial charge in [0.1, 0.15) is 5.78 Å². The summed E-state index contributed by atoms with van der Waals surface area (Å²) in [6.07, 6.45) is 0.606. The molecule has 2 rings (SSSR count). The van der Waals surface area contributed by atoms with Crippen molar-refractivity contribution in [3.63, 3.8) is 0 Å². The maximum absolute atomic E-state index is 11.9. The number of Topliss-reactive ketones (excluding diaryl/α,β-unsaturated/α-hetero) is 1. The molecule has 2 nitrogen and oxygen atoms in total. The van der Waals surface area contributed by atoms with Crippen molar-refractivity contribution in [2.24, 2.45) is 5.92 Å². The molecular weight excluding hydrogens is 258 g/mol. The average molecular weight is 281 g/mol. The van der Waals surface area contributed by atoms with Gasteiger partial charge in [0.15, 0.2) is 0 Å². The lowest BCUT2D eigenvalue weighted by Crippen LogP contribution is -2.31. The molecule has 0 N–H and O–H groups in total. The SMILES string of the molecule is CCC(=O)C(C)CN(Cc1ccccc1)c1ccccc1. The molecule has 0 aliphatic rings. The number of hydrogen-bond donors (Lipinski definition) is 0. The molecule has 2 heteroatoms. The van der Waals surface area contributed by atoms with Gasteiger partial charge in [0.05, 0.1) is 0 Å². The summed E-state index contributed by atoms with van der Waals surface area (Å²) in [7, 11) is 0. The zero-order chi connectivity index (χ0) is 15.1. The molecule has 0 aliphatic carbocycles. The maximum Gasteiger partial charge on any atom is 0.137 e. The summed E-state index contributed by atoms with van der Waals surface area (Å²) in [5.41, 5.74) is 2.43. The monoisotopic (exact) mass is 281 g/mol. The van der Waals surface area contributed by atoms with E-state index in [0.29, 0.717) is 12.2 Å². The van der Waals surface area contributed by atoms with E-state index in [0.717, 1.165) is 18.8 Å². The molecule has 2 aromatic rings. The average Bonchev–Trinajstić information content (AvgIpc) is 2.55. The van der Waals surface area contributed by atoms with Crippen LogP contribution in [0, 0.1) is 5.92 Å². The van der Waals surface area contributed by atoms with E-state index in [1.165, 1.54) is 5.56 Å². The van der Waals surface area contributed by atoms with Gasteiger partial charge in [0.2, 0.25) is 0 Å². The first-order valence-corrected chi connectivity index (χ1v) is 7.57. The van der Waals surface area contributed by atoms with E-state index in [1.54, 1.807) is 0 Å². The predicted octanol–water partition coefficient (Wildman–Crippen LogP) is 4.31. The van der Waals surface area contributed by atoms with Crippen molar-refractivity contribution in [2.45, 2.75) is 26.8 Å². The third-order valence-corrected chi connectivity index (χ3v) is 3.73. The molecule has 0 saturated carbocycles. The highest BCUT2D eigenvalue weighted by Crippen LogP contribution is 2.19. The maximum atomic E-state index is 11.9. The highest BCUT2D eigenvalue weighted by molar-refractivity contribution is 5.81. The third-order valence-electron chi connectivity index (χ3n) is 3.73. The second-order valence-corrected chi connectivity index (χ2v) is 5.42. The molecule has 2 aromatic carbocycles. The standard InChI is InChI=1S/C19H23NO/c1-3-19(21)16(2)14-20(18-12-8-5-9-13-18)15-17-10-6-4-7-11-17/h4-13,16H,3,14-15H2,1-2H3. The van der Waals surface area contributed by atoms with Crippen LogP contribution in [-0.2, 0) is 11.3 Å². The number of hydrogen-bond acceptors (Lipinski definition) is 2. The van der Waals surface area contributed by atoms with E-state index >= 15 is 0 Å². The molecule has 110 valence electrons. The molecule has 1 unspecified atom stereocenters. The topological polar surface area (TPSA) is 20.3 Å². The lowest BCUT2D eigenvalue weighted by Gasteiger charge is -2.27. The first kappa shape index (κ1) is 15.3. The third kappa shape index (κ3) is 4.45. The van der Waals surface area contributed by atoms with Crippen molar-refractivity contribution >= 4 is 11.5 Å². The van der Waals surface area contributed by atoms with Crippen LogP contribution in [-0.4, -0.2) is 12.3 Å². The Morgan fingerprint density at radius 2 is 1.57 bits per heavy atom. The van der Waals surface area contributed by atoms with Crippen LogP contribution in [0.4, 0.5) is 5.69 Å². The highest BCUT2D eigenvalue weighted by atomic mass is 16.1. The minimum Gasteiger partial charge on any atom is -0.366 e. The number of benzene rings is 2. The van der Waals surface area contributed by atoms with Crippen LogP contribution in [0.15, 0.2) is 60.7 Å². The van der Waals surface area contributed by atoms with Gasteiger partial charge >= 0.3 is 0 Å². The minimum atomic E-state index is 0.0546. The van der Waals surface area contributed by atoms with Gasteiger partial charge in [-0.05, 0) is 17.7 Å². The van der Waals surface area contributed by atoms with Crippen molar-refractivity contribution < 1.29 is 4.79 Å². The first-order chi connectivity index (χ1) is 10.2. The lowest BCUT2D eigenvalue weighted by molar-refractivity contribution is -0.121. The number of carbonyl (C=O) groups excluding carboxylic acids is 1. The summed E-state index contributed by atoms with van der Waals surface area (Å²) < 4.78 is 0. The molecule has 0 radical (unpaired) electrons. The van der Waals surface area contributed by atoms with Crippen LogP contribution in [0.5, 0.6) is 0 Å². The molecule has 0 amide bonds. The second-order valence-electron chi connectivity index (χ2n) is 5.42. The van der Waals surface area contributed by atoms with Crippen LogP contribution < -0.4 is 4.90 Å². The lowest BCUT2D eigenvalue weighted by atomic mass is 10.0. The number of carbonyl (C=O) groups is 1. The highest BCUT2D eigenvalue weighted by Gasteiger charge is 2.16. The first-order valence-electron chi connectivity index (χ1n) is 7.57. The Kier molecular flexibility index (Phi) is 5.56. The van der Waals surface area contributed by atoms with Gasteiger partial charge in [-0.15, -0.1) is 0 Å². The van der Waals surface area contributed by atoms with Gasteiger partial charge in [0.25, 0.3) is 0 Å². The molecular formula is C19H23NO. The normalized spacial score (nSPS) is 11.9. The van der Waals surface area contributed by atoms with Crippen molar-refractivity contribution in [2.75, 3.05) is 11.4 Å². The Hall–Kier alpha value is -2.09. The Bertz CT molecular complexity index is 550. The van der Waals surface area contributed by atoms with Gasteiger partial charge in [0, 0.05) is 31.1 Å². The molecule has 0 aromatic heterocycles. The number of nitrogens with zero attached hydrogens (tertiary/aromatic N) is 1. The van der Waals surface area contributed by atoms with Gasteiger partial charge < -0.3 is 4.90 Å². The summed E-state index contributed by atoms with van der Waals surface area (Å²) in [5, 5.41) is 0. The molecule has 0 fully saturated rings. The molecule has 0 saturated heterocycles. The largest absolute Gasteiger partial charge is 0.366 e. The van der Waals surface area contributed by atoms with E-state index in [-0.39, 0.29) is 5.92 Å². The van der Waals surface area contributed by atoms with E-state index in [1.807, 2.05) is 38.1 Å². The summed E-state index contributed by atoms with van der Waals surface area (Å²) >= 11 is 0. The molecule has 0 spiro atoms. The summed E-state index contributed by atoms with van der Waals surface area (Å²) in [6.45, 7) is 5.54. The van der Waals surface area contributed by atoms with Crippen LogP contribution in [0.2, 0.25) is 0 Å². The smallest absolute Gasteiger partial charge is 0.137 e. The molecule has 0 aliphatic heterocycles. The van der Waals surface area contributed by atoms with Crippen LogP contribution in [0.3, 0.4) is 0 Å². The quantitative estimate of drug-likeness (QED) is 0.754. The molecule has 0 heterocycles. The van der Waals surface area contributed by atoms with Gasteiger partial charge in [-0.25, -0.2) is 0 Å². The van der Waals surface area contributed by atoms with Crippen molar-refractivity contribution in [1.29, 1.82) is 0 Å². The van der Waals surface area contributed by atoms with E-state index < -0.39 is 0 Å². The predicted molar refractivity (Wildman–Crippen MR) is 88.4 cm³/mol. The number of anilines is 1. The van der Waals surface area contributed by atoms with Gasteiger partial charge in [-0.3, -0.25) is 4.79 Å². The van der Waals surface area contributed by atoms with Crippen molar-refractivity contribution in [1.82, 2.24) is 0 Å². The zero-order valence-corrected chi connectivity index (χ0v) is 12.8. The summed E-state index contributed by atoms with van der Waals surface area (Å²) in [6, 6.07) is 20.7. The molecule has 21 heavy (non-hydrogen) atoms. The van der Waals surface area contributed by atoms with Crippen LogP contribution >= 0.6 is 0 Å². The Balaban J connectivity index is 2.17. The molecule has 1 atom stereocenters. The van der Waals surface area contributed by atoms with Crippen molar-refractivity contribution in [3.05, 3.63) is 66.2 Å². The fourth-order valence-corrected chi connectivity index (χ4v) is 2.48. The fourth-order valence-electron chi connectivity index (χ4n) is 2.48. The zero-order valence-electron chi connectivity index (χ0n) is 12.8. The van der Waals surface area contributed by atoms with Gasteiger partial charge in [-0.2, -0.15) is 0 Å². The summed E-state index contributed by atoms with van der Waals surface area (Å²) in [4.78, 5) is 14.2. The van der Waals surface area contributed by atoms with E-state index in [2.05, 4.69) is 41.3 Å². The van der Waals surface area contributed by atoms with Gasteiger partial charge in [-0.1, -0.05) is 62.4 Å². The Morgan fingerprint density at radius 1 is 1.00 bits per heavy atom. The Labute approximate surface area is 127 Å². The number of para-hydroxylation sites is 1.